The van der Waals surface area contributed by atoms with Crippen LogP contribution in [0.4, 0.5) is 4.39 Å². The van der Waals surface area contributed by atoms with Crippen molar-refractivity contribution in [2.75, 3.05) is 23.9 Å². The first-order valence-electron chi connectivity index (χ1n) is 8.74. The highest BCUT2D eigenvalue weighted by Gasteiger charge is 2.35. The average Bonchev–Trinajstić information content (AvgIpc) is 3.04. The lowest BCUT2D eigenvalue weighted by Crippen LogP contribution is -2.48. The van der Waals surface area contributed by atoms with E-state index in [2.05, 4.69) is 5.32 Å². The van der Waals surface area contributed by atoms with Crippen LogP contribution in [0.3, 0.4) is 0 Å². The van der Waals surface area contributed by atoms with Crippen LogP contribution in [0, 0.1) is 11.2 Å². The Morgan fingerprint density at radius 2 is 2.08 bits per heavy atom. The molecule has 0 aliphatic carbocycles. The number of halogens is 1. The molecule has 1 heterocycles. The van der Waals surface area contributed by atoms with Crippen LogP contribution in [0.25, 0.3) is 0 Å². The lowest BCUT2D eigenvalue weighted by atomic mass is 9.91. The number of nitrogens with zero attached hydrogens (tertiary/aromatic N) is 1. The van der Waals surface area contributed by atoms with Crippen molar-refractivity contribution in [3.63, 3.8) is 0 Å². The molecule has 1 aliphatic heterocycles. The van der Waals surface area contributed by atoms with Crippen LogP contribution >= 0.6 is 23.5 Å². The molecule has 1 aromatic rings. The molecular weight excluding hydrogens is 371 g/mol. The van der Waals surface area contributed by atoms with Crippen LogP contribution in [-0.2, 0) is 15.3 Å². The zero-order valence-electron chi connectivity index (χ0n) is 15.6. The molecule has 1 aromatic carbocycles. The molecule has 2 rings (SSSR count). The Morgan fingerprint density at radius 3 is 2.77 bits per heavy atom. The Labute approximate surface area is 163 Å². The van der Waals surface area contributed by atoms with Crippen molar-refractivity contribution in [2.45, 2.75) is 39.0 Å². The average molecular weight is 399 g/mol. The Morgan fingerprint density at radius 1 is 1.35 bits per heavy atom. The predicted octanol–water partition coefficient (Wildman–Crippen LogP) is 3.51. The van der Waals surface area contributed by atoms with Gasteiger partial charge in [-0.25, -0.2) is 4.39 Å². The number of nitrogens with one attached hydrogen (secondary N) is 1. The summed E-state index contributed by atoms with van der Waals surface area (Å²) in [6.45, 7) is 6.59. The van der Waals surface area contributed by atoms with Crippen LogP contribution < -0.4 is 5.32 Å². The molecule has 2 amide bonds. The Hall–Kier alpha value is -1.21. The molecule has 1 saturated heterocycles. The fourth-order valence-corrected chi connectivity index (χ4v) is 4.65. The van der Waals surface area contributed by atoms with Gasteiger partial charge in [0.2, 0.25) is 11.8 Å². The number of carbonyl (C=O) groups is 2. The number of amides is 2. The highest BCUT2D eigenvalue weighted by atomic mass is 32.2. The number of hydrogen-bond acceptors (Lipinski definition) is 4. The second-order valence-corrected chi connectivity index (χ2v) is 9.66. The molecule has 7 heteroatoms. The largest absolute Gasteiger partial charge is 0.353 e. The number of thioether (sulfide) groups is 2. The lowest BCUT2D eigenvalue weighted by Gasteiger charge is -2.26. The van der Waals surface area contributed by atoms with Crippen LogP contribution in [-0.4, -0.2) is 46.7 Å². The van der Waals surface area contributed by atoms with Crippen molar-refractivity contribution < 1.29 is 14.0 Å². The van der Waals surface area contributed by atoms with Gasteiger partial charge in [-0.3, -0.25) is 9.59 Å². The van der Waals surface area contributed by atoms with Gasteiger partial charge in [-0.15, -0.1) is 11.8 Å². The Kier molecular flexibility index (Phi) is 7.83. The molecule has 0 bridgehead atoms. The monoisotopic (exact) mass is 398 g/mol. The minimum atomic E-state index is -0.383. The first kappa shape index (κ1) is 21.1. The molecule has 26 heavy (non-hydrogen) atoms. The van der Waals surface area contributed by atoms with Crippen molar-refractivity contribution in [1.29, 1.82) is 0 Å². The van der Waals surface area contributed by atoms with Gasteiger partial charge in [0.1, 0.15) is 11.9 Å². The summed E-state index contributed by atoms with van der Waals surface area (Å²) in [6, 6.07) is 6.34. The molecule has 1 N–H and O–H groups in total. The van der Waals surface area contributed by atoms with Crippen molar-refractivity contribution in [3.8, 4) is 0 Å². The molecule has 0 saturated carbocycles. The number of benzene rings is 1. The molecule has 0 spiro atoms. The molecule has 1 fully saturated rings. The molecular formula is C19H27FN2O2S2. The summed E-state index contributed by atoms with van der Waals surface area (Å²) in [5.74, 6) is 2.26. The fourth-order valence-electron chi connectivity index (χ4n) is 2.62. The highest BCUT2D eigenvalue weighted by Crippen LogP contribution is 2.26. The third kappa shape index (κ3) is 6.50. The standard InChI is InChI=1S/C19H27FN2O2S2/c1-19(2,3)10-17(23)22-13-26-12-16(22)18(24)21-8-9-25-11-14-6-4-5-7-15(14)20/h4-7,16H,8-13H2,1-3H3,(H,21,24). The van der Waals surface area contributed by atoms with Gasteiger partial charge in [0.05, 0.1) is 5.88 Å². The molecule has 4 nitrogen and oxygen atoms in total. The topological polar surface area (TPSA) is 49.4 Å². The first-order valence-corrected chi connectivity index (χ1v) is 11.0. The highest BCUT2D eigenvalue weighted by molar-refractivity contribution is 7.99. The van der Waals surface area contributed by atoms with E-state index >= 15 is 0 Å². The van der Waals surface area contributed by atoms with Crippen LogP contribution in [0.15, 0.2) is 24.3 Å². The van der Waals surface area contributed by atoms with Gasteiger partial charge in [-0.05, 0) is 17.0 Å². The third-order valence-corrected chi connectivity index (χ3v) is 5.97. The predicted molar refractivity (Wildman–Crippen MR) is 108 cm³/mol. The van der Waals surface area contributed by atoms with Crippen molar-refractivity contribution in [3.05, 3.63) is 35.6 Å². The normalized spacial score (nSPS) is 17.4. The van der Waals surface area contributed by atoms with Crippen LogP contribution in [0.2, 0.25) is 0 Å². The van der Waals surface area contributed by atoms with E-state index in [9.17, 15) is 14.0 Å². The summed E-state index contributed by atoms with van der Waals surface area (Å²) in [4.78, 5) is 26.6. The van der Waals surface area contributed by atoms with E-state index in [0.29, 0.717) is 41.7 Å². The van der Waals surface area contributed by atoms with Gasteiger partial charge in [-0.1, -0.05) is 39.0 Å². The van der Waals surface area contributed by atoms with Crippen molar-refractivity contribution >= 4 is 35.3 Å². The summed E-state index contributed by atoms with van der Waals surface area (Å²) < 4.78 is 13.5. The van der Waals surface area contributed by atoms with E-state index in [0.717, 1.165) is 0 Å². The van der Waals surface area contributed by atoms with E-state index in [-0.39, 0.29) is 29.1 Å². The maximum atomic E-state index is 13.5. The summed E-state index contributed by atoms with van der Waals surface area (Å²) >= 11 is 3.19. The molecule has 1 aliphatic rings. The van der Waals surface area contributed by atoms with Gasteiger partial charge in [0, 0.05) is 30.2 Å². The summed E-state index contributed by atoms with van der Waals surface area (Å²) in [5.41, 5.74) is 0.587. The third-order valence-electron chi connectivity index (χ3n) is 3.95. The fraction of sp³-hybridized carbons (Fsp3) is 0.579. The zero-order chi connectivity index (χ0) is 19.2. The van der Waals surface area contributed by atoms with Crippen molar-refractivity contribution in [1.82, 2.24) is 10.2 Å². The Bertz CT molecular complexity index is 634. The second-order valence-electron chi connectivity index (χ2n) is 7.55. The van der Waals surface area contributed by atoms with Crippen LogP contribution in [0.5, 0.6) is 0 Å². The number of carbonyl (C=O) groups excluding carboxylic acids is 2. The van der Waals surface area contributed by atoms with Crippen molar-refractivity contribution in [2.24, 2.45) is 5.41 Å². The van der Waals surface area contributed by atoms with Gasteiger partial charge in [0.25, 0.3) is 0 Å². The molecule has 0 radical (unpaired) electrons. The zero-order valence-corrected chi connectivity index (χ0v) is 17.2. The van der Waals surface area contributed by atoms with E-state index < -0.39 is 0 Å². The van der Waals surface area contributed by atoms with Gasteiger partial charge >= 0.3 is 0 Å². The quantitative estimate of drug-likeness (QED) is 0.714. The number of rotatable bonds is 7. The molecule has 1 unspecified atom stereocenters. The second kappa shape index (κ2) is 9.65. The summed E-state index contributed by atoms with van der Waals surface area (Å²) in [7, 11) is 0. The van der Waals surface area contributed by atoms with E-state index in [1.54, 1.807) is 40.6 Å². The maximum absolute atomic E-state index is 13.5. The minimum Gasteiger partial charge on any atom is -0.353 e. The SMILES string of the molecule is CC(C)(C)CC(=O)N1CSCC1C(=O)NCCSCc1ccccc1F. The van der Waals surface area contributed by atoms with E-state index in [4.69, 9.17) is 0 Å². The summed E-state index contributed by atoms with van der Waals surface area (Å²) in [5, 5.41) is 2.91. The minimum absolute atomic E-state index is 0.0385. The van der Waals surface area contributed by atoms with Gasteiger partial charge in [0.15, 0.2) is 0 Å². The summed E-state index contributed by atoms with van der Waals surface area (Å²) in [6.07, 6.45) is 0.440. The van der Waals surface area contributed by atoms with Crippen LogP contribution in [0.1, 0.15) is 32.8 Å². The van der Waals surface area contributed by atoms with E-state index in [1.807, 2.05) is 26.8 Å². The van der Waals surface area contributed by atoms with Gasteiger partial charge < -0.3 is 10.2 Å². The maximum Gasteiger partial charge on any atom is 0.243 e. The molecule has 0 aromatic heterocycles. The smallest absolute Gasteiger partial charge is 0.243 e. The van der Waals surface area contributed by atoms with Gasteiger partial charge in [-0.2, -0.15) is 11.8 Å². The van der Waals surface area contributed by atoms with E-state index in [1.165, 1.54) is 6.07 Å². The number of hydrogen-bond donors (Lipinski definition) is 1. The molecule has 1 atom stereocenters. The lowest BCUT2D eigenvalue weighted by molar-refractivity contribution is -0.139. The molecule has 144 valence electrons. The first-order chi connectivity index (χ1) is 12.3. The Balaban J connectivity index is 1.73.